The second kappa shape index (κ2) is 4.05. The van der Waals surface area contributed by atoms with E-state index in [9.17, 15) is 4.79 Å². The maximum absolute atomic E-state index is 11.1. The molecular weight excluding hydrogens is 166 g/mol. The molecule has 0 saturated heterocycles. The lowest BCUT2D eigenvalue weighted by Gasteiger charge is -2.17. The van der Waals surface area contributed by atoms with Gasteiger partial charge in [0.05, 0.1) is 0 Å². The summed E-state index contributed by atoms with van der Waals surface area (Å²) in [5.41, 5.74) is 1.85. The van der Waals surface area contributed by atoms with E-state index in [0.717, 1.165) is 11.3 Å². The lowest BCUT2D eigenvalue weighted by molar-refractivity contribution is -0.120. The molecule has 1 aromatic carbocycles. The topological polar surface area (TPSA) is 40.5 Å². The van der Waals surface area contributed by atoms with E-state index in [1.807, 2.05) is 31.2 Å². The maximum Gasteiger partial charge on any atom is 0.252 e. The number of amides is 1. The van der Waals surface area contributed by atoms with Crippen molar-refractivity contribution in [3.63, 3.8) is 0 Å². The van der Waals surface area contributed by atoms with Gasteiger partial charge in [-0.25, -0.2) is 0 Å². The number of hydrogen-bond donors (Lipinski definition) is 1. The van der Waals surface area contributed by atoms with Crippen LogP contribution in [-0.2, 0) is 4.79 Å². The zero-order valence-corrected chi connectivity index (χ0v) is 7.82. The molecule has 1 N–H and O–H groups in total. The SMILES string of the molecule is Cc1ccccc1N(C)C(=O)CO. The highest BCUT2D eigenvalue weighted by atomic mass is 16.3. The first-order chi connectivity index (χ1) is 6.16. The largest absolute Gasteiger partial charge is 0.387 e. The number of rotatable bonds is 2. The molecular formula is C10H13NO2. The highest BCUT2D eigenvalue weighted by Crippen LogP contribution is 2.17. The molecule has 1 aromatic rings. The summed E-state index contributed by atoms with van der Waals surface area (Å²) in [6.07, 6.45) is 0. The lowest BCUT2D eigenvalue weighted by atomic mass is 10.2. The van der Waals surface area contributed by atoms with Crippen LogP contribution in [0, 0.1) is 6.92 Å². The van der Waals surface area contributed by atoms with Gasteiger partial charge < -0.3 is 10.0 Å². The predicted molar refractivity (Wildman–Crippen MR) is 51.7 cm³/mol. The van der Waals surface area contributed by atoms with Crippen molar-refractivity contribution < 1.29 is 9.90 Å². The zero-order chi connectivity index (χ0) is 9.84. The van der Waals surface area contributed by atoms with Crippen molar-refractivity contribution >= 4 is 11.6 Å². The zero-order valence-electron chi connectivity index (χ0n) is 7.82. The Morgan fingerprint density at radius 3 is 2.62 bits per heavy atom. The van der Waals surface area contributed by atoms with Gasteiger partial charge in [0.25, 0.3) is 5.91 Å². The molecule has 1 amide bonds. The number of anilines is 1. The monoisotopic (exact) mass is 179 g/mol. The van der Waals surface area contributed by atoms with Crippen LogP contribution < -0.4 is 4.90 Å². The Bertz CT molecular complexity index is 310. The first-order valence-corrected chi connectivity index (χ1v) is 4.10. The fourth-order valence-electron chi connectivity index (χ4n) is 1.18. The Hall–Kier alpha value is -1.35. The second-order valence-corrected chi connectivity index (χ2v) is 2.90. The Kier molecular flexibility index (Phi) is 3.03. The van der Waals surface area contributed by atoms with Crippen molar-refractivity contribution in [3.8, 4) is 0 Å². The van der Waals surface area contributed by atoms with Crippen LogP contribution in [0.2, 0.25) is 0 Å². The molecule has 0 radical (unpaired) electrons. The molecule has 70 valence electrons. The molecule has 0 heterocycles. The van der Waals surface area contributed by atoms with Gasteiger partial charge in [-0.3, -0.25) is 4.79 Å². The third-order valence-electron chi connectivity index (χ3n) is 1.99. The molecule has 0 atom stereocenters. The Morgan fingerprint density at radius 2 is 2.08 bits per heavy atom. The van der Waals surface area contributed by atoms with E-state index < -0.39 is 6.61 Å². The standard InChI is InChI=1S/C10H13NO2/c1-8-5-3-4-6-9(8)11(2)10(13)7-12/h3-6,12H,7H2,1-2H3. The summed E-state index contributed by atoms with van der Waals surface area (Å²) in [4.78, 5) is 12.6. The van der Waals surface area contributed by atoms with Crippen LogP contribution >= 0.6 is 0 Å². The van der Waals surface area contributed by atoms with Crippen molar-refractivity contribution in [2.75, 3.05) is 18.6 Å². The van der Waals surface area contributed by atoms with Gasteiger partial charge in [-0.2, -0.15) is 0 Å². The van der Waals surface area contributed by atoms with E-state index in [1.165, 1.54) is 4.90 Å². The van der Waals surface area contributed by atoms with Crippen LogP contribution in [0.15, 0.2) is 24.3 Å². The summed E-state index contributed by atoms with van der Waals surface area (Å²) < 4.78 is 0. The van der Waals surface area contributed by atoms with Crippen LogP contribution in [-0.4, -0.2) is 24.7 Å². The maximum atomic E-state index is 11.1. The number of nitrogens with zero attached hydrogens (tertiary/aromatic N) is 1. The predicted octanol–water partition coefficient (Wildman–Crippen LogP) is 0.950. The lowest BCUT2D eigenvalue weighted by Crippen LogP contribution is -2.29. The highest BCUT2D eigenvalue weighted by Gasteiger charge is 2.10. The van der Waals surface area contributed by atoms with Crippen molar-refractivity contribution in [3.05, 3.63) is 29.8 Å². The van der Waals surface area contributed by atoms with E-state index in [2.05, 4.69) is 0 Å². The summed E-state index contributed by atoms with van der Waals surface area (Å²) in [6.45, 7) is 1.47. The molecule has 0 aliphatic rings. The number of aryl methyl sites for hydroxylation is 1. The van der Waals surface area contributed by atoms with Gasteiger partial charge >= 0.3 is 0 Å². The smallest absolute Gasteiger partial charge is 0.252 e. The van der Waals surface area contributed by atoms with E-state index in [0.29, 0.717) is 0 Å². The third-order valence-corrected chi connectivity index (χ3v) is 1.99. The number of hydrogen-bond acceptors (Lipinski definition) is 2. The molecule has 0 unspecified atom stereocenters. The first-order valence-electron chi connectivity index (χ1n) is 4.10. The number of aliphatic hydroxyl groups excluding tert-OH is 1. The molecule has 0 aliphatic heterocycles. The van der Waals surface area contributed by atoms with E-state index in [-0.39, 0.29) is 5.91 Å². The van der Waals surface area contributed by atoms with Gasteiger partial charge in [0.1, 0.15) is 6.61 Å². The minimum atomic E-state index is -0.454. The fourth-order valence-corrected chi connectivity index (χ4v) is 1.18. The van der Waals surface area contributed by atoms with E-state index in [4.69, 9.17) is 5.11 Å². The quantitative estimate of drug-likeness (QED) is 0.734. The van der Waals surface area contributed by atoms with E-state index >= 15 is 0 Å². The summed E-state index contributed by atoms with van der Waals surface area (Å²) in [7, 11) is 1.65. The van der Waals surface area contributed by atoms with Gasteiger partial charge in [0, 0.05) is 12.7 Å². The van der Waals surface area contributed by atoms with Gasteiger partial charge in [-0.05, 0) is 18.6 Å². The van der Waals surface area contributed by atoms with Crippen molar-refractivity contribution in [1.82, 2.24) is 0 Å². The highest BCUT2D eigenvalue weighted by molar-refractivity contribution is 5.94. The molecule has 0 saturated carbocycles. The normalized spacial score (nSPS) is 9.77. The number of para-hydroxylation sites is 1. The summed E-state index contributed by atoms with van der Waals surface area (Å²) >= 11 is 0. The number of aliphatic hydroxyl groups is 1. The molecule has 3 nitrogen and oxygen atoms in total. The van der Waals surface area contributed by atoms with Crippen molar-refractivity contribution in [1.29, 1.82) is 0 Å². The van der Waals surface area contributed by atoms with Crippen molar-refractivity contribution in [2.24, 2.45) is 0 Å². The molecule has 3 heteroatoms. The minimum absolute atomic E-state index is 0.297. The summed E-state index contributed by atoms with van der Waals surface area (Å²) in [5, 5.41) is 8.67. The van der Waals surface area contributed by atoms with Gasteiger partial charge in [-0.15, -0.1) is 0 Å². The Balaban J connectivity index is 2.95. The molecule has 0 aromatic heterocycles. The van der Waals surface area contributed by atoms with Crippen LogP contribution in [0.3, 0.4) is 0 Å². The third kappa shape index (κ3) is 2.06. The molecule has 0 bridgehead atoms. The second-order valence-electron chi connectivity index (χ2n) is 2.90. The number of carbonyl (C=O) groups is 1. The molecule has 13 heavy (non-hydrogen) atoms. The van der Waals surface area contributed by atoms with Crippen LogP contribution in [0.5, 0.6) is 0 Å². The summed E-state index contributed by atoms with van der Waals surface area (Å²) in [5.74, 6) is -0.297. The van der Waals surface area contributed by atoms with Crippen LogP contribution in [0.1, 0.15) is 5.56 Å². The first kappa shape index (κ1) is 9.74. The van der Waals surface area contributed by atoms with Gasteiger partial charge in [0.15, 0.2) is 0 Å². The van der Waals surface area contributed by atoms with E-state index in [1.54, 1.807) is 7.05 Å². The number of likely N-dealkylation sites (N-methyl/N-ethyl adjacent to an activating group) is 1. The Labute approximate surface area is 77.6 Å². The molecule has 0 fully saturated rings. The molecule has 0 spiro atoms. The average Bonchev–Trinajstić information content (AvgIpc) is 2.16. The Morgan fingerprint density at radius 1 is 1.46 bits per heavy atom. The number of benzene rings is 1. The van der Waals surface area contributed by atoms with Crippen LogP contribution in [0.4, 0.5) is 5.69 Å². The van der Waals surface area contributed by atoms with Crippen molar-refractivity contribution in [2.45, 2.75) is 6.92 Å². The van der Waals surface area contributed by atoms with Crippen LogP contribution in [0.25, 0.3) is 0 Å². The van der Waals surface area contributed by atoms with Gasteiger partial charge in [0.2, 0.25) is 0 Å². The minimum Gasteiger partial charge on any atom is -0.387 e. The molecule has 1 rings (SSSR count). The summed E-state index contributed by atoms with van der Waals surface area (Å²) in [6, 6.07) is 7.55. The fraction of sp³-hybridized carbons (Fsp3) is 0.300. The molecule has 0 aliphatic carbocycles. The number of carbonyl (C=O) groups excluding carboxylic acids is 1. The average molecular weight is 179 g/mol. The van der Waals surface area contributed by atoms with Gasteiger partial charge in [-0.1, -0.05) is 18.2 Å².